The van der Waals surface area contributed by atoms with E-state index in [1.54, 1.807) is 24.5 Å². The number of rotatable bonds is 13. The van der Waals surface area contributed by atoms with Crippen LogP contribution in [0, 0.1) is 11.6 Å². The number of benzene rings is 3. The zero-order chi connectivity index (χ0) is 52.3. The van der Waals surface area contributed by atoms with Crippen molar-refractivity contribution in [3.63, 3.8) is 0 Å². The van der Waals surface area contributed by atoms with Gasteiger partial charge >= 0.3 is 64.4 Å². The number of halogens is 4. The maximum Gasteiger partial charge on any atom is 1.00 e. The van der Waals surface area contributed by atoms with Crippen LogP contribution >= 0.6 is 0 Å². The van der Waals surface area contributed by atoms with Crippen LogP contribution in [0.2, 0.25) is 0 Å². The third kappa shape index (κ3) is 12.0. The zero-order valence-corrected chi connectivity index (χ0v) is 45.4. The molecule has 3 saturated heterocycles. The molecule has 3 fully saturated rings. The van der Waals surface area contributed by atoms with Crippen molar-refractivity contribution >= 4 is 47.9 Å². The van der Waals surface area contributed by atoms with E-state index in [1.165, 1.54) is 18.0 Å². The van der Waals surface area contributed by atoms with E-state index in [4.69, 9.17) is 9.31 Å². The molecule has 22 heteroatoms. The van der Waals surface area contributed by atoms with Crippen LogP contribution < -0.4 is 76.4 Å². The Labute approximate surface area is 476 Å². The van der Waals surface area contributed by atoms with E-state index in [-0.39, 0.29) is 71.1 Å². The minimum Gasteiger partial charge on any atom is -1.00 e. The molecule has 0 aliphatic carbocycles. The summed E-state index contributed by atoms with van der Waals surface area (Å²) in [4.78, 5) is 43.0. The number of hydrogen-bond donors (Lipinski definition) is 1. The molecule has 0 spiro atoms. The molecule has 384 valence electrons. The molecule has 7 aromatic rings. The SMILES string of the molecule is CC1(C)OB(c2ccc(N3CCN(c4ccc(C=O)nc4)CC3)cc2)OC1(C)C.O=Cc1ccc(N2CCN(c3ccc(-c4ccc(C(F)(F)[C@](O)(Cn5cnnn5)c5ccc(F)cc5F)nc4)cc3)CC2)cn1.[2H-].[K+]. The van der Waals surface area contributed by atoms with Gasteiger partial charge in [0.05, 0.1) is 41.5 Å². The van der Waals surface area contributed by atoms with Crippen LogP contribution in [0.3, 0.4) is 0 Å². The summed E-state index contributed by atoms with van der Waals surface area (Å²) in [5.74, 6) is -6.48. The van der Waals surface area contributed by atoms with E-state index in [9.17, 15) is 23.5 Å². The van der Waals surface area contributed by atoms with Crippen molar-refractivity contribution in [2.45, 2.75) is 57.0 Å². The van der Waals surface area contributed by atoms with Crippen molar-refractivity contribution in [3.05, 3.63) is 162 Å². The van der Waals surface area contributed by atoms with Gasteiger partial charge in [-0.3, -0.25) is 24.5 Å². The van der Waals surface area contributed by atoms with Crippen LogP contribution in [0.5, 0.6) is 0 Å². The Balaban J connectivity index is 0.000000235. The molecule has 3 aliphatic heterocycles. The fraction of sp³-hybridized carbons (Fsp3) is 0.321. The van der Waals surface area contributed by atoms with E-state index in [0.717, 1.165) is 116 Å². The van der Waals surface area contributed by atoms with Crippen LogP contribution in [-0.4, -0.2) is 124 Å². The topological polar surface area (TPSA) is 168 Å². The molecule has 1 atom stereocenters. The first-order valence-electron chi connectivity index (χ1n) is 24.1. The second-order valence-corrected chi connectivity index (χ2v) is 19.3. The minimum atomic E-state index is -4.14. The number of tetrazole rings is 1. The van der Waals surface area contributed by atoms with Gasteiger partial charge in [-0.2, -0.15) is 8.78 Å². The maximum atomic E-state index is 16.0. The Morgan fingerprint density at radius 3 is 1.55 bits per heavy atom. The number of nitrogens with zero attached hydrogens (tertiary/aromatic N) is 11. The summed E-state index contributed by atoms with van der Waals surface area (Å²) >= 11 is 0. The number of aldehydes is 2. The summed E-state index contributed by atoms with van der Waals surface area (Å²) < 4.78 is 73.6. The largest absolute Gasteiger partial charge is 1.00 e. The number of aromatic nitrogens is 7. The number of carbonyl (C=O) groups excluding carboxylic acids is 2. The average Bonchev–Trinajstić information content (AvgIpc) is 4.02. The summed E-state index contributed by atoms with van der Waals surface area (Å²) in [6.45, 7) is 14.1. The number of piperazine rings is 2. The molecule has 4 aromatic heterocycles. The average molecular weight is 1050 g/mol. The van der Waals surface area contributed by atoms with Crippen molar-refractivity contribution < 1.29 is 94.4 Å². The predicted octanol–water partition coefficient (Wildman–Crippen LogP) is 3.86. The van der Waals surface area contributed by atoms with E-state index < -0.39 is 41.0 Å². The van der Waals surface area contributed by atoms with Gasteiger partial charge in [0.15, 0.2) is 18.2 Å². The molecule has 7 heterocycles. The van der Waals surface area contributed by atoms with Gasteiger partial charge in [-0.05, 0) is 116 Å². The molecule has 0 radical (unpaired) electrons. The molecule has 3 aliphatic rings. The third-order valence-electron chi connectivity index (χ3n) is 14.2. The van der Waals surface area contributed by atoms with Crippen LogP contribution in [-0.2, 0) is 27.4 Å². The van der Waals surface area contributed by atoms with Crippen molar-refractivity contribution in [1.29, 1.82) is 0 Å². The Bertz CT molecular complexity index is 3020. The predicted molar refractivity (Wildman–Crippen MR) is 273 cm³/mol. The second-order valence-electron chi connectivity index (χ2n) is 19.3. The number of alkyl halides is 2. The van der Waals surface area contributed by atoms with Crippen molar-refractivity contribution in [2.75, 3.05) is 72.0 Å². The van der Waals surface area contributed by atoms with Crippen molar-refractivity contribution in [2.24, 2.45) is 0 Å². The molecular formula is C53H55BF4KN11O5. The smallest absolute Gasteiger partial charge is 1.00 e. The Morgan fingerprint density at radius 1 is 0.640 bits per heavy atom. The number of hydrogen-bond acceptors (Lipinski definition) is 15. The normalized spacial score (nSPS) is 17.1. The van der Waals surface area contributed by atoms with Gasteiger partial charge < -0.3 is 35.4 Å². The van der Waals surface area contributed by atoms with Crippen molar-refractivity contribution in [1.82, 2.24) is 35.2 Å². The van der Waals surface area contributed by atoms with Gasteiger partial charge in [0, 0.05) is 87.1 Å². The molecule has 0 saturated carbocycles. The molecule has 0 amide bonds. The van der Waals surface area contributed by atoms with Gasteiger partial charge in [-0.1, -0.05) is 30.3 Å². The quantitative estimate of drug-likeness (QED) is 0.100. The molecule has 3 aromatic carbocycles. The summed E-state index contributed by atoms with van der Waals surface area (Å²) in [7, 11) is -0.326. The van der Waals surface area contributed by atoms with Crippen LogP contribution in [0.15, 0.2) is 128 Å². The third-order valence-corrected chi connectivity index (χ3v) is 14.2. The summed E-state index contributed by atoms with van der Waals surface area (Å²) in [6, 6.07) is 27.9. The molecule has 0 bridgehead atoms. The number of aliphatic hydroxyl groups is 1. The first-order valence-corrected chi connectivity index (χ1v) is 24.1. The monoisotopic (exact) mass is 1050 g/mol. The molecule has 16 nitrogen and oxygen atoms in total. The van der Waals surface area contributed by atoms with Gasteiger partial charge in [0.1, 0.15) is 35.0 Å². The number of anilines is 4. The molecule has 10 rings (SSSR count). The van der Waals surface area contributed by atoms with Crippen LogP contribution in [0.4, 0.5) is 40.3 Å². The molecule has 1 N–H and O–H groups in total. The fourth-order valence-corrected chi connectivity index (χ4v) is 9.07. The van der Waals surface area contributed by atoms with Gasteiger partial charge in [-0.15, -0.1) is 5.10 Å². The van der Waals surface area contributed by atoms with Gasteiger partial charge in [-0.25, -0.2) is 13.5 Å². The van der Waals surface area contributed by atoms with Gasteiger partial charge in [0.25, 0.3) is 0 Å². The zero-order valence-electron chi connectivity index (χ0n) is 43.2. The summed E-state index contributed by atoms with van der Waals surface area (Å²) in [6.07, 6.45) is 7.20. The summed E-state index contributed by atoms with van der Waals surface area (Å²) in [5, 5.41) is 21.7. The second kappa shape index (κ2) is 23.1. The van der Waals surface area contributed by atoms with E-state index >= 15 is 8.78 Å². The molecular weight excluding hydrogens is 997 g/mol. The number of pyridine rings is 3. The first kappa shape index (κ1) is 55.3. The van der Waals surface area contributed by atoms with Gasteiger partial charge in [0.2, 0.25) is 0 Å². The van der Waals surface area contributed by atoms with Crippen LogP contribution in [0.25, 0.3) is 11.1 Å². The van der Waals surface area contributed by atoms with E-state index in [1.807, 2.05) is 36.4 Å². The Hall–Kier alpha value is -5.98. The fourth-order valence-electron chi connectivity index (χ4n) is 9.07. The molecule has 75 heavy (non-hydrogen) atoms. The summed E-state index contributed by atoms with van der Waals surface area (Å²) in [5.41, 5.74) is 1.88. The first-order chi connectivity index (χ1) is 35.5. The van der Waals surface area contributed by atoms with E-state index in [2.05, 4.69) is 102 Å². The number of carbonyl (C=O) groups is 2. The maximum absolute atomic E-state index is 16.0. The van der Waals surface area contributed by atoms with Crippen molar-refractivity contribution in [3.8, 4) is 11.1 Å². The molecule has 0 unspecified atom stereocenters. The van der Waals surface area contributed by atoms with Crippen LogP contribution in [0.1, 0.15) is 61.4 Å². The standard InChI is InChI=1S/C31H26F4N8O2.C22H28BN3O3.K.H/c32-23-4-9-27(28(33)15-23)30(45,19-43-20-38-39-40-43)31(34,35)29-10-3-22(16-37-29)21-1-6-25(7-2-21)41-11-13-42(14-12-41)26-8-5-24(18-44)36-17-26;1-21(2)22(3,4)29-23(28-21)17-5-8-19(9-6-17)25-11-13-26(14-12-25)20-10-7-18(16-27)24-15-20;;/h1-10,15-18,20,45H,11-14,19H2;5-10,15-16H,11-14H2,1-4H3;;/q;;+1;-1/t30-;;;/m0.../s1/i;;;1+1. The Morgan fingerprint density at radius 2 is 1.12 bits per heavy atom. The van der Waals surface area contributed by atoms with E-state index in [0.29, 0.717) is 29.3 Å². The minimum absolute atomic E-state index is 0. The Kier molecular flexibility index (Phi) is 17.0.